The molecule has 1 N–H and O–H groups in total. The van der Waals surface area contributed by atoms with Crippen LogP contribution in [0.4, 0.5) is 11.4 Å². The highest BCUT2D eigenvalue weighted by molar-refractivity contribution is 7.92. The Hall–Kier alpha value is -4.74. The van der Waals surface area contributed by atoms with E-state index in [2.05, 4.69) is 5.32 Å². The molecule has 0 aliphatic rings. The quantitative estimate of drug-likeness (QED) is 0.146. The summed E-state index contributed by atoms with van der Waals surface area (Å²) in [4.78, 5) is 40.6. The SMILES string of the molecule is CC(C)(C)NC(=O)C(Cc1ccccc1)N(Cc1ccc(Cl)cc1)C(=O)CN(c1cccc([N+](=O)[O-])c1)S(=O)(=O)c1ccccc1. The first-order valence-electron chi connectivity index (χ1n) is 14.5. The summed E-state index contributed by atoms with van der Waals surface area (Å²) in [5.74, 6) is -1.11. The summed E-state index contributed by atoms with van der Waals surface area (Å²) in [5.41, 5.74) is 0.400. The highest BCUT2D eigenvalue weighted by Crippen LogP contribution is 2.28. The molecule has 0 aromatic heterocycles. The van der Waals surface area contributed by atoms with Gasteiger partial charge in [-0.1, -0.05) is 78.3 Å². The maximum atomic E-state index is 14.5. The summed E-state index contributed by atoms with van der Waals surface area (Å²) in [6, 6.07) is 27.5. The number of non-ortho nitro benzene ring substituents is 1. The number of benzene rings is 4. The fourth-order valence-electron chi connectivity index (χ4n) is 4.80. The third-order valence-electron chi connectivity index (χ3n) is 6.97. The molecule has 240 valence electrons. The molecule has 10 nitrogen and oxygen atoms in total. The number of halogens is 1. The number of nitrogens with zero attached hydrogens (tertiary/aromatic N) is 3. The summed E-state index contributed by atoms with van der Waals surface area (Å²) < 4.78 is 28.9. The zero-order valence-corrected chi connectivity index (χ0v) is 27.2. The highest BCUT2D eigenvalue weighted by Gasteiger charge is 2.36. The number of nitro groups is 1. The monoisotopic (exact) mass is 662 g/mol. The highest BCUT2D eigenvalue weighted by atomic mass is 35.5. The fourth-order valence-corrected chi connectivity index (χ4v) is 6.36. The molecule has 0 saturated heterocycles. The Morgan fingerprint density at radius 2 is 1.48 bits per heavy atom. The van der Waals surface area contributed by atoms with Gasteiger partial charge in [0.1, 0.15) is 12.6 Å². The zero-order chi connectivity index (χ0) is 33.5. The second-order valence-electron chi connectivity index (χ2n) is 11.7. The van der Waals surface area contributed by atoms with Gasteiger partial charge in [-0.15, -0.1) is 0 Å². The van der Waals surface area contributed by atoms with Gasteiger partial charge in [0.2, 0.25) is 11.8 Å². The van der Waals surface area contributed by atoms with Gasteiger partial charge >= 0.3 is 0 Å². The van der Waals surface area contributed by atoms with Gasteiger partial charge in [0.25, 0.3) is 15.7 Å². The minimum Gasteiger partial charge on any atom is -0.350 e. The molecule has 0 fully saturated rings. The topological polar surface area (TPSA) is 130 Å². The molecule has 0 aliphatic carbocycles. The van der Waals surface area contributed by atoms with Gasteiger partial charge < -0.3 is 10.2 Å². The average molecular weight is 663 g/mol. The van der Waals surface area contributed by atoms with Crippen molar-refractivity contribution < 1.29 is 22.9 Å². The molecule has 12 heteroatoms. The molecule has 0 aliphatic heterocycles. The van der Waals surface area contributed by atoms with E-state index in [9.17, 15) is 28.1 Å². The van der Waals surface area contributed by atoms with Crippen LogP contribution in [-0.2, 0) is 32.6 Å². The van der Waals surface area contributed by atoms with E-state index in [1.165, 1.54) is 35.2 Å². The number of hydrogen-bond acceptors (Lipinski definition) is 6. The van der Waals surface area contributed by atoms with Crippen LogP contribution in [0.2, 0.25) is 5.02 Å². The standard InChI is InChI=1S/C34H35ClN4O6S/c1-34(2,3)36-33(41)31(21-25-11-6-4-7-12-25)37(23-26-17-19-27(35)20-18-26)32(40)24-38(28-13-10-14-29(22-28)39(42)43)46(44,45)30-15-8-5-9-16-30/h4-20,22,31H,21,23-24H2,1-3H3,(H,36,41). The van der Waals surface area contributed by atoms with Crippen molar-refractivity contribution in [1.29, 1.82) is 0 Å². The molecule has 2 amide bonds. The number of amides is 2. The maximum absolute atomic E-state index is 14.5. The number of rotatable bonds is 12. The number of anilines is 1. The molecule has 4 aromatic rings. The van der Waals surface area contributed by atoms with Gasteiger partial charge in [-0.3, -0.25) is 24.0 Å². The van der Waals surface area contributed by atoms with Crippen LogP contribution in [0.1, 0.15) is 31.9 Å². The van der Waals surface area contributed by atoms with Crippen LogP contribution in [0.3, 0.4) is 0 Å². The summed E-state index contributed by atoms with van der Waals surface area (Å²) in [6.45, 7) is 4.70. The van der Waals surface area contributed by atoms with Crippen LogP contribution in [0.5, 0.6) is 0 Å². The normalized spacial score (nSPS) is 12.2. The number of sulfonamides is 1. The lowest BCUT2D eigenvalue weighted by Crippen LogP contribution is -2.56. The summed E-state index contributed by atoms with van der Waals surface area (Å²) in [5, 5.41) is 15.1. The predicted octanol–water partition coefficient (Wildman–Crippen LogP) is 6.00. The molecule has 4 aromatic carbocycles. The molecular formula is C34H35ClN4O6S. The summed E-state index contributed by atoms with van der Waals surface area (Å²) in [7, 11) is -4.39. The second-order valence-corrected chi connectivity index (χ2v) is 14.0. The van der Waals surface area contributed by atoms with Crippen LogP contribution in [0.25, 0.3) is 0 Å². The number of carbonyl (C=O) groups is 2. The Balaban J connectivity index is 1.84. The average Bonchev–Trinajstić information content (AvgIpc) is 3.02. The molecule has 0 spiro atoms. The minimum atomic E-state index is -4.39. The van der Waals surface area contributed by atoms with Crippen LogP contribution < -0.4 is 9.62 Å². The van der Waals surface area contributed by atoms with Crippen LogP contribution in [0.15, 0.2) is 114 Å². The van der Waals surface area contributed by atoms with Gasteiger partial charge in [0.05, 0.1) is 15.5 Å². The zero-order valence-electron chi connectivity index (χ0n) is 25.7. The number of hydrogen-bond donors (Lipinski definition) is 1. The van der Waals surface area contributed by atoms with E-state index in [0.717, 1.165) is 15.9 Å². The van der Waals surface area contributed by atoms with Crippen LogP contribution in [-0.4, -0.2) is 48.2 Å². The predicted molar refractivity (Wildman–Crippen MR) is 178 cm³/mol. The largest absolute Gasteiger partial charge is 0.350 e. The number of nitrogens with one attached hydrogen (secondary N) is 1. The van der Waals surface area contributed by atoms with Crippen molar-refractivity contribution >= 4 is 44.8 Å². The van der Waals surface area contributed by atoms with E-state index in [0.29, 0.717) is 10.6 Å². The molecular weight excluding hydrogens is 628 g/mol. The Labute approximate surface area is 273 Å². The first-order valence-corrected chi connectivity index (χ1v) is 16.3. The lowest BCUT2D eigenvalue weighted by atomic mass is 10.0. The molecule has 0 heterocycles. The van der Waals surface area contributed by atoms with Gasteiger partial charge in [-0.2, -0.15) is 0 Å². The second kappa shape index (κ2) is 14.6. The van der Waals surface area contributed by atoms with E-state index in [1.54, 1.807) is 42.5 Å². The Morgan fingerprint density at radius 1 is 0.870 bits per heavy atom. The molecule has 46 heavy (non-hydrogen) atoms. The number of carbonyl (C=O) groups excluding carboxylic acids is 2. The van der Waals surface area contributed by atoms with Gasteiger partial charge in [0.15, 0.2) is 0 Å². The Kier molecular flexibility index (Phi) is 10.8. The van der Waals surface area contributed by atoms with E-state index in [-0.39, 0.29) is 29.2 Å². The minimum absolute atomic E-state index is 0.0424. The fraction of sp³-hybridized carbons (Fsp3) is 0.235. The molecule has 1 unspecified atom stereocenters. The van der Waals surface area contributed by atoms with Crippen molar-refractivity contribution in [3.63, 3.8) is 0 Å². The lowest BCUT2D eigenvalue weighted by Gasteiger charge is -2.35. The molecule has 0 bridgehead atoms. The van der Waals surface area contributed by atoms with Crippen molar-refractivity contribution in [3.8, 4) is 0 Å². The van der Waals surface area contributed by atoms with Crippen LogP contribution >= 0.6 is 11.6 Å². The molecule has 4 rings (SSSR count). The smallest absolute Gasteiger partial charge is 0.271 e. The maximum Gasteiger partial charge on any atom is 0.271 e. The van der Waals surface area contributed by atoms with Crippen LogP contribution in [0, 0.1) is 10.1 Å². The molecule has 1 atom stereocenters. The Bertz CT molecular complexity index is 1780. The van der Waals surface area contributed by atoms with Crippen molar-refractivity contribution in [3.05, 3.63) is 135 Å². The van der Waals surface area contributed by atoms with E-state index < -0.39 is 44.9 Å². The van der Waals surface area contributed by atoms with Crippen molar-refractivity contribution in [2.75, 3.05) is 10.8 Å². The third kappa shape index (κ3) is 8.92. The number of nitro benzene ring substituents is 1. The Morgan fingerprint density at radius 3 is 2.07 bits per heavy atom. The van der Waals surface area contributed by atoms with E-state index in [4.69, 9.17) is 11.6 Å². The van der Waals surface area contributed by atoms with Gasteiger partial charge in [-0.05, 0) is 62.2 Å². The van der Waals surface area contributed by atoms with Crippen molar-refractivity contribution in [1.82, 2.24) is 10.2 Å². The lowest BCUT2D eigenvalue weighted by molar-refractivity contribution is -0.384. The molecule has 0 radical (unpaired) electrons. The van der Waals surface area contributed by atoms with E-state index in [1.807, 2.05) is 51.1 Å². The molecule has 0 saturated carbocycles. The third-order valence-corrected chi connectivity index (χ3v) is 9.01. The summed E-state index contributed by atoms with van der Waals surface area (Å²) >= 11 is 6.12. The first kappa shape index (κ1) is 34.1. The van der Waals surface area contributed by atoms with Gasteiger partial charge in [0, 0.05) is 35.7 Å². The van der Waals surface area contributed by atoms with Gasteiger partial charge in [-0.25, -0.2) is 8.42 Å². The van der Waals surface area contributed by atoms with Crippen molar-refractivity contribution in [2.24, 2.45) is 0 Å². The summed E-state index contributed by atoms with van der Waals surface area (Å²) in [6.07, 6.45) is 0.143. The van der Waals surface area contributed by atoms with E-state index >= 15 is 0 Å². The van der Waals surface area contributed by atoms with Crippen molar-refractivity contribution in [2.45, 2.75) is 50.2 Å². The first-order chi connectivity index (χ1) is 21.7.